The first kappa shape index (κ1) is 15.7. The van der Waals surface area contributed by atoms with E-state index in [0.29, 0.717) is 0 Å². The molecule has 1 amide bonds. The van der Waals surface area contributed by atoms with Crippen LogP contribution in [0.25, 0.3) is 5.00 Å². The largest absolute Gasteiger partial charge is 0.334 e. The third kappa shape index (κ3) is 2.67. The van der Waals surface area contributed by atoms with Crippen LogP contribution in [-0.2, 0) is 25.1 Å². The average Bonchev–Trinajstić information content (AvgIpc) is 3.38. The molecule has 128 valence electrons. The molecule has 3 aromatic heterocycles. The second-order valence-electron chi connectivity index (χ2n) is 6.42. The van der Waals surface area contributed by atoms with Crippen LogP contribution in [0.1, 0.15) is 31.2 Å². The SMILES string of the molecule is O=C(c1c(-n2cccc2)sc2c1CCSC2)N1CCc2sccc2C1. The van der Waals surface area contributed by atoms with Gasteiger partial charge in [-0.1, -0.05) is 0 Å². The summed E-state index contributed by atoms with van der Waals surface area (Å²) in [5.74, 6) is 2.37. The molecule has 5 heterocycles. The minimum Gasteiger partial charge on any atom is -0.334 e. The van der Waals surface area contributed by atoms with E-state index in [1.807, 2.05) is 52.5 Å². The second kappa shape index (κ2) is 6.34. The van der Waals surface area contributed by atoms with E-state index in [-0.39, 0.29) is 5.91 Å². The lowest BCUT2D eigenvalue weighted by atomic mass is 10.0. The van der Waals surface area contributed by atoms with Gasteiger partial charge in [-0.3, -0.25) is 4.79 Å². The second-order valence-corrected chi connectivity index (χ2v) is 9.61. The van der Waals surface area contributed by atoms with E-state index >= 15 is 0 Å². The molecule has 0 N–H and O–H groups in total. The zero-order valence-corrected chi connectivity index (χ0v) is 16.2. The molecule has 25 heavy (non-hydrogen) atoms. The van der Waals surface area contributed by atoms with E-state index in [1.165, 1.54) is 20.9 Å². The molecule has 5 rings (SSSR count). The van der Waals surface area contributed by atoms with Gasteiger partial charge in [0.15, 0.2) is 0 Å². The van der Waals surface area contributed by atoms with Gasteiger partial charge in [-0.15, -0.1) is 22.7 Å². The predicted octanol–water partition coefficient (Wildman–Crippen LogP) is 4.59. The standard InChI is InChI=1S/C19H18N2OS3/c22-18(21-8-3-15-13(11-21)4-10-24-15)17-14-5-9-23-12-16(14)25-19(17)20-6-1-2-7-20/h1-2,4,6-7,10H,3,5,8-9,11-12H2. The molecule has 0 unspecified atom stereocenters. The topological polar surface area (TPSA) is 25.2 Å². The molecule has 0 bridgehead atoms. The number of nitrogens with zero attached hydrogens (tertiary/aromatic N) is 2. The number of hydrogen-bond acceptors (Lipinski definition) is 4. The van der Waals surface area contributed by atoms with Gasteiger partial charge in [0.1, 0.15) is 5.00 Å². The molecule has 0 spiro atoms. The van der Waals surface area contributed by atoms with Gasteiger partial charge in [0.2, 0.25) is 0 Å². The molecule has 2 aliphatic rings. The summed E-state index contributed by atoms with van der Waals surface area (Å²) in [6.45, 7) is 1.58. The van der Waals surface area contributed by atoms with Gasteiger partial charge >= 0.3 is 0 Å². The number of hydrogen-bond donors (Lipinski definition) is 0. The minimum absolute atomic E-state index is 0.213. The lowest BCUT2D eigenvalue weighted by molar-refractivity contribution is 0.0735. The highest BCUT2D eigenvalue weighted by molar-refractivity contribution is 7.98. The van der Waals surface area contributed by atoms with Crippen molar-refractivity contribution in [2.75, 3.05) is 12.3 Å². The van der Waals surface area contributed by atoms with Crippen LogP contribution in [0.15, 0.2) is 36.0 Å². The smallest absolute Gasteiger partial charge is 0.257 e. The van der Waals surface area contributed by atoms with Crippen LogP contribution in [0.4, 0.5) is 0 Å². The molecule has 0 aliphatic carbocycles. The first-order valence-corrected chi connectivity index (χ1v) is 11.4. The maximum atomic E-state index is 13.5. The zero-order valence-electron chi connectivity index (χ0n) is 13.7. The zero-order chi connectivity index (χ0) is 16.8. The Morgan fingerprint density at radius 1 is 1.12 bits per heavy atom. The van der Waals surface area contributed by atoms with Crippen molar-refractivity contribution in [3.8, 4) is 5.00 Å². The Balaban J connectivity index is 1.56. The van der Waals surface area contributed by atoms with Crippen molar-refractivity contribution in [1.82, 2.24) is 9.47 Å². The number of carbonyl (C=O) groups is 1. The molecule has 0 radical (unpaired) electrons. The highest BCUT2D eigenvalue weighted by Gasteiger charge is 2.31. The number of amides is 1. The molecule has 6 heteroatoms. The number of thiophene rings is 2. The Morgan fingerprint density at radius 2 is 2.00 bits per heavy atom. The van der Waals surface area contributed by atoms with E-state index < -0.39 is 0 Å². The summed E-state index contributed by atoms with van der Waals surface area (Å²) >= 11 is 5.59. The van der Waals surface area contributed by atoms with Crippen molar-refractivity contribution < 1.29 is 4.79 Å². The summed E-state index contributed by atoms with van der Waals surface area (Å²) in [4.78, 5) is 18.4. The molecule has 0 aromatic carbocycles. The molecular formula is C19H18N2OS3. The number of thioether (sulfide) groups is 1. The Kier molecular flexibility index (Phi) is 3.99. The summed E-state index contributed by atoms with van der Waals surface area (Å²) in [6, 6.07) is 6.23. The van der Waals surface area contributed by atoms with E-state index in [9.17, 15) is 4.79 Å². The van der Waals surface area contributed by atoms with Crippen molar-refractivity contribution in [2.45, 2.75) is 25.1 Å². The summed E-state index contributed by atoms with van der Waals surface area (Å²) < 4.78 is 2.11. The van der Waals surface area contributed by atoms with Gasteiger partial charge in [-0.2, -0.15) is 11.8 Å². The third-order valence-corrected chi connectivity index (χ3v) is 8.39. The van der Waals surface area contributed by atoms with Crippen LogP contribution < -0.4 is 0 Å². The Morgan fingerprint density at radius 3 is 2.88 bits per heavy atom. The molecule has 0 atom stereocenters. The van der Waals surface area contributed by atoms with Gasteiger partial charge in [0, 0.05) is 41.0 Å². The molecule has 3 aromatic rings. The normalized spacial score (nSPS) is 16.6. The van der Waals surface area contributed by atoms with Gasteiger partial charge in [-0.05, 0) is 53.3 Å². The third-order valence-electron chi connectivity index (χ3n) is 4.95. The van der Waals surface area contributed by atoms with Crippen molar-refractivity contribution in [3.63, 3.8) is 0 Å². The van der Waals surface area contributed by atoms with E-state index in [4.69, 9.17) is 0 Å². The van der Waals surface area contributed by atoms with Crippen LogP contribution in [0.5, 0.6) is 0 Å². The van der Waals surface area contributed by atoms with Crippen molar-refractivity contribution in [1.29, 1.82) is 0 Å². The van der Waals surface area contributed by atoms with Gasteiger partial charge < -0.3 is 9.47 Å². The summed E-state index contributed by atoms with van der Waals surface area (Å²) in [5, 5.41) is 3.24. The van der Waals surface area contributed by atoms with Crippen LogP contribution in [0, 0.1) is 0 Å². The fraction of sp³-hybridized carbons (Fsp3) is 0.316. The van der Waals surface area contributed by atoms with Crippen molar-refractivity contribution in [2.24, 2.45) is 0 Å². The molecule has 0 saturated carbocycles. The van der Waals surface area contributed by atoms with Crippen LogP contribution in [-0.4, -0.2) is 27.7 Å². The number of carbonyl (C=O) groups excluding carboxylic acids is 1. The van der Waals surface area contributed by atoms with Gasteiger partial charge in [0.25, 0.3) is 5.91 Å². The highest BCUT2D eigenvalue weighted by Crippen LogP contribution is 2.39. The Bertz CT molecular complexity index is 923. The number of rotatable bonds is 2. The number of fused-ring (bicyclic) bond motifs is 2. The average molecular weight is 387 g/mol. The van der Waals surface area contributed by atoms with E-state index in [2.05, 4.69) is 16.0 Å². The maximum Gasteiger partial charge on any atom is 0.257 e. The summed E-state index contributed by atoms with van der Waals surface area (Å²) in [5.41, 5.74) is 3.58. The minimum atomic E-state index is 0.213. The summed E-state index contributed by atoms with van der Waals surface area (Å²) in [6.07, 6.45) is 6.10. The molecule has 0 saturated heterocycles. The molecular weight excluding hydrogens is 368 g/mol. The first-order chi connectivity index (χ1) is 12.3. The van der Waals surface area contributed by atoms with Crippen LogP contribution >= 0.6 is 34.4 Å². The van der Waals surface area contributed by atoms with E-state index in [0.717, 1.165) is 48.0 Å². The molecule has 3 nitrogen and oxygen atoms in total. The maximum absolute atomic E-state index is 13.5. The molecule has 0 fully saturated rings. The van der Waals surface area contributed by atoms with E-state index in [1.54, 1.807) is 11.3 Å². The van der Waals surface area contributed by atoms with Crippen molar-refractivity contribution in [3.05, 3.63) is 62.4 Å². The lowest BCUT2D eigenvalue weighted by Gasteiger charge is -2.28. The fourth-order valence-electron chi connectivity index (χ4n) is 3.67. The Hall–Kier alpha value is -1.50. The predicted molar refractivity (Wildman–Crippen MR) is 106 cm³/mol. The summed E-state index contributed by atoms with van der Waals surface area (Å²) in [7, 11) is 0. The Labute approximate surface area is 159 Å². The van der Waals surface area contributed by atoms with Crippen LogP contribution in [0.3, 0.4) is 0 Å². The lowest BCUT2D eigenvalue weighted by Crippen LogP contribution is -2.36. The number of aromatic nitrogens is 1. The van der Waals surface area contributed by atoms with Crippen LogP contribution in [0.2, 0.25) is 0 Å². The molecule has 2 aliphatic heterocycles. The monoisotopic (exact) mass is 386 g/mol. The quantitative estimate of drug-likeness (QED) is 0.644. The van der Waals surface area contributed by atoms with Crippen molar-refractivity contribution >= 4 is 40.3 Å². The first-order valence-electron chi connectivity index (χ1n) is 8.51. The highest BCUT2D eigenvalue weighted by atomic mass is 32.2. The van der Waals surface area contributed by atoms with Gasteiger partial charge in [-0.25, -0.2) is 0 Å². The van der Waals surface area contributed by atoms with Gasteiger partial charge in [0.05, 0.1) is 5.56 Å². The fourth-order valence-corrected chi connectivity index (χ4v) is 7.00.